The van der Waals surface area contributed by atoms with Crippen LogP contribution in [0.5, 0.6) is 11.5 Å². The second-order valence-corrected chi connectivity index (χ2v) is 4.79. The molecule has 2 rings (SSSR count). The fraction of sp³-hybridized carbons (Fsp3) is 0.333. The summed E-state index contributed by atoms with van der Waals surface area (Å²) in [6.07, 6.45) is 0.0739. The Kier molecular flexibility index (Phi) is 4.26. The van der Waals surface area contributed by atoms with Gasteiger partial charge >= 0.3 is 5.97 Å². The summed E-state index contributed by atoms with van der Waals surface area (Å²) in [6.45, 7) is 0.582. The average molecular weight is 330 g/mol. The summed E-state index contributed by atoms with van der Waals surface area (Å²) in [5.41, 5.74) is 0.715. The zero-order valence-electron chi connectivity index (χ0n) is 9.94. The van der Waals surface area contributed by atoms with E-state index in [0.717, 1.165) is 4.47 Å². The van der Waals surface area contributed by atoms with Crippen LogP contribution < -0.4 is 14.8 Å². The van der Waals surface area contributed by atoms with E-state index in [-0.39, 0.29) is 18.9 Å². The minimum Gasteiger partial charge on any atom is -0.486 e. The number of hydrogen-bond donors (Lipinski definition) is 2. The molecule has 0 fully saturated rings. The van der Waals surface area contributed by atoms with Crippen LogP contribution in [0, 0.1) is 0 Å². The van der Waals surface area contributed by atoms with Gasteiger partial charge < -0.3 is 19.9 Å². The van der Waals surface area contributed by atoms with Crippen LogP contribution in [0.4, 0.5) is 0 Å². The Bertz CT molecular complexity index is 517. The van der Waals surface area contributed by atoms with Gasteiger partial charge in [0.2, 0.25) is 5.91 Å². The van der Waals surface area contributed by atoms with E-state index < -0.39 is 5.97 Å². The largest absolute Gasteiger partial charge is 0.486 e. The molecule has 7 heteroatoms. The van der Waals surface area contributed by atoms with Crippen LogP contribution in [0.2, 0.25) is 0 Å². The first-order valence-electron chi connectivity index (χ1n) is 5.63. The Morgan fingerprint density at radius 1 is 1.26 bits per heavy atom. The van der Waals surface area contributed by atoms with Gasteiger partial charge in [-0.25, -0.2) is 0 Å². The highest BCUT2D eigenvalue weighted by Crippen LogP contribution is 2.35. The number of nitrogens with one attached hydrogen (secondary N) is 1. The van der Waals surface area contributed by atoms with E-state index in [4.69, 9.17) is 14.6 Å². The van der Waals surface area contributed by atoms with Crippen molar-refractivity contribution in [1.82, 2.24) is 5.32 Å². The number of carbonyl (C=O) groups excluding carboxylic acids is 1. The number of carboxylic acid groups (broad SMARTS) is 1. The van der Waals surface area contributed by atoms with Crippen molar-refractivity contribution in [2.75, 3.05) is 19.8 Å². The van der Waals surface area contributed by atoms with Crippen LogP contribution in [0.25, 0.3) is 0 Å². The third kappa shape index (κ3) is 3.60. The summed E-state index contributed by atoms with van der Waals surface area (Å²) < 4.78 is 11.6. The Morgan fingerprint density at radius 2 is 1.89 bits per heavy atom. The lowest BCUT2D eigenvalue weighted by Crippen LogP contribution is -2.30. The first kappa shape index (κ1) is 13.7. The lowest BCUT2D eigenvalue weighted by Gasteiger charge is -2.19. The number of amides is 1. The van der Waals surface area contributed by atoms with Crippen molar-refractivity contribution in [2.45, 2.75) is 6.42 Å². The predicted octanol–water partition coefficient (Wildman–Crippen LogP) is 0.964. The fourth-order valence-electron chi connectivity index (χ4n) is 1.65. The van der Waals surface area contributed by atoms with E-state index in [1.165, 1.54) is 0 Å². The number of benzene rings is 1. The van der Waals surface area contributed by atoms with Crippen molar-refractivity contribution >= 4 is 27.8 Å². The molecule has 0 bridgehead atoms. The van der Waals surface area contributed by atoms with E-state index in [1.807, 2.05) is 0 Å². The van der Waals surface area contributed by atoms with Gasteiger partial charge in [-0.15, -0.1) is 0 Å². The summed E-state index contributed by atoms with van der Waals surface area (Å²) in [4.78, 5) is 21.9. The van der Waals surface area contributed by atoms with Crippen molar-refractivity contribution in [1.29, 1.82) is 0 Å². The first-order valence-corrected chi connectivity index (χ1v) is 6.42. The molecule has 6 nitrogen and oxygen atoms in total. The molecule has 0 unspecified atom stereocenters. The lowest BCUT2D eigenvalue weighted by molar-refractivity contribution is -0.137. The number of halogens is 1. The van der Waals surface area contributed by atoms with Gasteiger partial charge in [0.05, 0.1) is 6.42 Å². The minimum atomic E-state index is -1.07. The molecule has 1 heterocycles. The molecule has 0 radical (unpaired) electrons. The topological polar surface area (TPSA) is 84.9 Å². The van der Waals surface area contributed by atoms with Gasteiger partial charge in [-0.2, -0.15) is 0 Å². The molecule has 0 aliphatic carbocycles. The average Bonchev–Trinajstić information content (AvgIpc) is 2.37. The maximum absolute atomic E-state index is 11.6. The van der Waals surface area contributed by atoms with Gasteiger partial charge in [0, 0.05) is 4.47 Å². The number of rotatable bonds is 4. The maximum Gasteiger partial charge on any atom is 0.322 e. The summed E-state index contributed by atoms with van der Waals surface area (Å²) in [5, 5.41) is 10.8. The highest BCUT2D eigenvalue weighted by molar-refractivity contribution is 9.10. The zero-order chi connectivity index (χ0) is 13.8. The molecule has 0 atom stereocenters. The Balaban J connectivity index is 2.07. The highest BCUT2D eigenvalue weighted by Gasteiger charge is 2.16. The number of ether oxygens (including phenoxy) is 2. The number of carbonyl (C=O) groups is 2. The molecular formula is C12H12BrNO5. The van der Waals surface area contributed by atoms with Crippen molar-refractivity contribution in [3.63, 3.8) is 0 Å². The normalized spacial score (nSPS) is 12.9. The fourth-order valence-corrected chi connectivity index (χ4v) is 2.11. The third-order valence-corrected chi connectivity index (χ3v) is 3.24. The SMILES string of the molecule is O=C(O)CNC(=O)Cc1cc2c(cc1Br)OCCO2. The summed E-state index contributed by atoms with van der Waals surface area (Å²) in [7, 11) is 0. The summed E-state index contributed by atoms with van der Waals surface area (Å²) >= 11 is 3.35. The molecule has 1 aliphatic heterocycles. The Labute approximate surface area is 117 Å². The van der Waals surface area contributed by atoms with Crippen LogP contribution >= 0.6 is 15.9 Å². The monoisotopic (exact) mass is 329 g/mol. The van der Waals surface area contributed by atoms with E-state index >= 15 is 0 Å². The van der Waals surface area contributed by atoms with Gasteiger partial charge in [-0.05, 0) is 17.7 Å². The van der Waals surface area contributed by atoms with Gasteiger partial charge in [-0.1, -0.05) is 15.9 Å². The molecule has 1 aliphatic rings. The smallest absolute Gasteiger partial charge is 0.322 e. The minimum absolute atomic E-state index is 0.0739. The number of carboxylic acids is 1. The van der Waals surface area contributed by atoms with Crippen molar-refractivity contribution in [3.05, 3.63) is 22.2 Å². The van der Waals surface area contributed by atoms with Crippen molar-refractivity contribution < 1.29 is 24.2 Å². The summed E-state index contributed by atoms with van der Waals surface area (Å²) in [6, 6.07) is 3.47. The van der Waals surface area contributed by atoms with Crippen LogP contribution in [0.15, 0.2) is 16.6 Å². The van der Waals surface area contributed by atoms with Gasteiger partial charge in [0.25, 0.3) is 0 Å². The maximum atomic E-state index is 11.6. The van der Waals surface area contributed by atoms with E-state index in [2.05, 4.69) is 21.2 Å². The standard InChI is InChI=1S/C12H12BrNO5/c13-8-5-10-9(18-1-2-19-10)3-7(8)4-11(15)14-6-12(16)17/h3,5H,1-2,4,6H2,(H,14,15)(H,16,17). The predicted molar refractivity (Wildman–Crippen MR) is 69.5 cm³/mol. The lowest BCUT2D eigenvalue weighted by atomic mass is 10.1. The molecule has 1 amide bonds. The van der Waals surface area contributed by atoms with Crippen LogP contribution in [0.3, 0.4) is 0 Å². The van der Waals surface area contributed by atoms with Crippen LogP contribution in [0.1, 0.15) is 5.56 Å². The summed E-state index contributed by atoms with van der Waals surface area (Å²) in [5.74, 6) is -0.210. The molecule has 102 valence electrons. The van der Waals surface area contributed by atoms with Crippen molar-refractivity contribution in [2.24, 2.45) is 0 Å². The Hall–Kier alpha value is -1.76. The van der Waals surface area contributed by atoms with E-state index in [9.17, 15) is 9.59 Å². The highest BCUT2D eigenvalue weighted by atomic mass is 79.9. The number of fused-ring (bicyclic) bond motifs is 1. The second-order valence-electron chi connectivity index (χ2n) is 3.93. The van der Waals surface area contributed by atoms with E-state index in [1.54, 1.807) is 12.1 Å². The Morgan fingerprint density at radius 3 is 2.53 bits per heavy atom. The molecule has 0 aromatic heterocycles. The molecule has 1 aromatic carbocycles. The number of aliphatic carboxylic acids is 1. The molecule has 2 N–H and O–H groups in total. The molecule has 1 aromatic rings. The van der Waals surface area contributed by atoms with Crippen LogP contribution in [-0.4, -0.2) is 36.7 Å². The molecule has 0 spiro atoms. The van der Waals surface area contributed by atoms with Gasteiger partial charge in [-0.3, -0.25) is 9.59 Å². The van der Waals surface area contributed by atoms with E-state index in [0.29, 0.717) is 30.3 Å². The zero-order valence-corrected chi connectivity index (χ0v) is 11.5. The van der Waals surface area contributed by atoms with Gasteiger partial charge in [0.15, 0.2) is 11.5 Å². The second kappa shape index (κ2) is 5.92. The number of hydrogen-bond acceptors (Lipinski definition) is 4. The molecule has 0 saturated carbocycles. The first-order chi connectivity index (χ1) is 9.06. The van der Waals surface area contributed by atoms with Crippen molar-refractivity contribution in [3.8, 4) is 11.5 Å². The van der Waals surface area contributed by atoms with Crippen LogP contribution in [-0.2, 0) is 16.0 Å². The van der Waals surface area contributed by atoms with Gasteiger partial charge in [0.1, 0.15) is 19.8 Å². The third-order valence-electron chi connectivity index (χ3n) is 2.50. The molecule has 19 heavy (non-hydrogen) atoms. The molecular weight excluding hydrogens is 318 g/mol. The molecule has 0 saturated heterocycles. The quantitative estimate of drug-likeness (QED) is 0.859.